The molecule has 0 bridgehead atoms. The molecule has 1 aliphatic rings. The molecule has 1 aromatic heterocycles. The summed E-state index contributed by atoms with van der Waals surface area (Å²) in [6, 6.07) is 6.49. The quantitative estimate of drug-likeness (QED) is 0.713. The Balaban J connectivity index is 2.16. The van der Waals surface area contributed by atoms with Crippen LogP contribution in [0, 0.1) is 0 Å². The number of hydrogen-bond donors (Lipinski definition) is 1. The summed E-state index contributed by atoms with van der Waals surface area (Å²) in [5.74, 6) is -1.13. The highest BCUT2D eigenvalue weighted by Crippen LogP contribution is 2.29. The van der Waals surface area contributed by atoms with E-state index in [2.05, 4.69) is 14.9 Å². The molecule has 2 aromatic rings. The fourth-order valence-electron chi connectivity index (χ4n) is 1.73. The van der Waals surface area contributed by atoms with Gasteiger partial charge in [0.05, 0.1) is 11.1 Å². The standard InChI is InChI=1S/C10H6N4O3/c11-7-8(13-17-12-7)14-9(15)5-3-1-2-4-6(5)10(14)16/h1-4H,(H2,11,12). The van der Waals surface area contributed by atoms with Crippen molar-refractivity contribution < 1.29 is 14.2 Å². The number of nitrogens with two attached hydrogens (primary N) is 1. The molecule has 17 heavy (non-hydrogen) atoms. The molecule has 2 amide bonds. The van der Waals surface area contributed by atoms with Crippen LogP contribution in [0.5, 0.6) is 0 Å². The molecule has 7 heteroatoms. The molecule has 1 aromatic carbocycles. The first kappa shape index (κ1) is 9.52. The van der Waals surface area contributed by atoms with Crippen LogP contribution in [-0.2, 0) is 0 Å². The number of fused-ring (bicyclic) bond motifs is 1. The van der Waals surface area contributed by atoms with Gasteiger partial charge in [0.1, 0.15) is 0 Å². The van der Waals surface area contributed by atoms with Crippen molar-refractivity contribution in [1.29, 1.82) is 0 Å². The van der Waals surface area contributed by atoms with Crippen molar-refractivity contribution in [3.63, 3.8) is 0 Å². The number of imide groups is 1. The molecule has 84 valence electrons. The highest BCUT2D eigenvalue weighted by molar-refractivity contribution is 6.34. The average molecular weight is 230 g/mol. The second-order valence-corrected chi connectivity index (χ2v) is 3.46. The topological polar surface area (TPSA) is 102 Å². The number of benzene rings is 1. The van der Waals surface area contributed by atoms with Gasteiger partial charge in [-0.2, -0.15) is 0 Å². The third-order valence-corrected chi connectivity index (χ3v) is 2.50. The molecule has 0 saturated heterocycles. The first-order valence-corrected chi connectivity index (χ1v) is 4.76. The lowest BCUT2D eigenvalue weighted by Gasteiger charge is -2.08. The number of aromatic nitrogens is 2. The zero-order valence-corrected chi connectivity index (χ0v) is 8.45. The molecule has 2 N–H and O–H groups in total. The molecule has 2 heterocycles. The van der Waals surface area contributed by atoms with Crippen molar-refractivity contribution >= 4 is 23.5 Å². The van der Waals surface area contributed by atoms with Gasteiger partial charge in [0, 0.05) is 0 Å². The monoisotopic (exact) mass is 230 g/mol. The largest absolute Gasteiger partial charge is 0.378 e. The molecule has 0 spiro atoms. The summed E-state index contributed by atoms with van der Waals surface area (Å²) in [6.07, 6.45) is 0. The molecule has 3 rings (SSSR count). The van der Waals surface area contributed by atoms with Gasteiger partial charge >= 0.3 is 0 Å². The van der Waals surface area contributed by atoms with E-state index in [0.717, 1.165) is 4.90 Å². The van der Waals surface area contributed by atoms with Crippen LogP contribution in [0.1, 0.15) is 20.7 Å². The molecule has 0 fully saturated rings. The van der Waals surface area contributed by atoms with Gasteiger partial charge in [-0.25, -0.2) is 9.53 Å². The lowest BCUT2D eigenvalue weighted by molar-refractivity contribution is 0.0923. The van der Waals surface area contributed by atoms with Crippen molar-refractivity contribution in [3.05, 3.63) is 35.4 Å². The number of anilines is 2. The fraction of sp³-hybridized carbons (Fsp3) is 0. The third kappa shape index (κ3) is 1.16. The van der Waals surface area contributed by atoms with E-state index in [1.165, 1.54) is 0 Å². The van der Waals surface area contributed by atoms with Crippen molar-refractivity contribution in [3.8, 4) is 0 Å². The molecule has 0 radical (unpaired) electrons. The second kappa shape index (κ2) is 3.14. The summed E-state index contributed by atoms with van der Waals surface area (Å²) in [5, 5.41) is 6.79. The molecule has 1 aliphatic heterocycles. The van der Waals surface area contributed by atoms with Crippen LogP contribution in [0.4, 0.5) is 11.6 Å². The van der Waals surface area contributed by atoms with Gasteiger partial charge < -0.3 is 5.73 Å². The third-order valence-electron chi connectivity index (χ3n) is 2.50. The van der Waals surface area contributed by atoms with Crippen LogP contribution in [0.15, 0.2) is 28.9 Å². The average Bonchev–Trinajstić information content (AvgIpc) is 2.84. The smallest absolute Gasteiger partial charge is 0.267 e. The van der Waals surface area contributed by atoms with E-state index in [1.807, 2.05) is 0 Å². The van der Waals surface area contributed by atoms with Gasteiger partial charge in [-0.1, -0.05) is 12.1 Å². The van der Waals surface area contributed by atoms with Gasteiger partial charge in [0.25, 0.3) is 11.8 Å². The summed E-state index contributed by atoms with van der Waals surface area (Å²) >= 11 is 0. The summed E-state index contributed by atoms with van der Waals surface area (Å²) in [7, 11) is 0. The van der Waals surface area contributed by atoms with E-state index in [9.17, 15) is 9.59 Å². The minimum Gasteiger partial charge on any atom is -0.378 e. The first-order valence-electron chi connectivity index (χ1n) is 4.76. The van der Waals surface area contributed by atoms with E-state index in [1.54, 1.807) is 24.3 Å². The van der Waals surface area contributed by atoms with E-state index in [4.69, 9.17) is 5.73 Å². The van der Waals surface area contributed by atoms with Crippen LogP contribution in [-0.4, -0.2) is 22.1 Å². The Morgan fingerprint density at radius 1 is 1.06 bits per heavy atom. The van der Waals surface area contributed by atoms with E-state index in [0.29, 0.717) is 11.1 Å². The summed E-state index contributed by atoms with van der Waals surface area (Å²) < 4.78 is 4.38. The molecular formula is C10H6N4O3. The van der Waals surface area contributed by atoms with Crippen molar-refractivity contribution in [2.24, 2.45) is 0 Å². The Hall–Kier alpha value is -2.70. The number of hydrogen-bond acceptors (Lipinski definition) is 6. The minimum atomic E-state index is -0.479. The van der Waals surface area contributed by atoms with Gasteiger partial charge in [0.15, 0.2) is 0 Å². The molecule has 0 aliphatic carbocycles. The van der Waals surface area contributed by atoms with Crippen molar-refractivity contribution in [2.45, 2.75) is 0 Å². The van der Waals surface area contributed by atoms with E-state index < -0.39 is 11.8 Å². The Kier molecular flexibility index (Phi) is 1.76. The van der Waals surface area contributed by atoms with Gasteiger partial charge in [0.2, 0.25) is 11.6 Å². The Labute approximate surface area is 94.8 Å². The lowest BCUT2D eigenvalue weighted by Crippen LogP contribution is -2.30. The minimum absolute atomic E-state index is 0.0730. The van der Waals surface area contributed by atoms with E-state index >= 15 is 0 Å². The van der Waals surface area contributed by atoms with Crippen molar-refractivity contribution in [2.75, 3.05) is 10.6 Å². The first-order chi connectivity index (χ1) is 8.20. The molecule has 0 atom stereocenters. The second-order valence-electron chi connectivity index (χ2n) is 3.46. The predicted octanol–water partition coefficient (Wildman–Crippen LogP) is 0.452. The fourth-order valence-corrected chi connectivity index (χ4v) is 1.73. The van der Waals surface area contributed by atoms with Crippen LogP contribution < -0.4 is 10.6 Å². The number of carbonyl (C=O) groups excluding carboxylic acids is 2. The number of nitrogens with zero attached hydrogens (tertiary/aromatic N) is 3. The summed E-state index contributed by atoms with van der Waals surface area (Å²) in [5.41, 5.74) is 6.10. The highest BCUT2D eigenvalue weighted by atomic mass is 16.6. The molecule has 0 unspecified atom stereocenters. The number of amides is 2. The van der Waals surface area contributed by atoms with Gasteiger partial charge in [-0.15, -0.1) is 0 Å². The summed E-state index contributed by atoms with van der Waals surface area (Å²) in [6.45, 7) is 0. The molecule has 0 saturated carbocycles. The van der Waals surface area contributed by atoms with Gasteiger partial charge in [-0.3, -0.25) is 9.59 Å². The Morgan fingerprint density at radius 2 is 1.65 bits per heavy atom. The maximum absolute atomic E-state index is 12.0. The SMILES string of the molecule is Nc1nonc1N1C(=O)c2ccccc2C1=O. The predicted molar refractivity (Wildman–Crippen MR) is 56.3 cm³/mol. The lowest BCUT2D eigenvalue weighted by atomic mass is 10.1. The molecule has 7 nitrogen and oxygen atoms in total. The number of nitrogen functional groups attached to an aromatic ring is 1. The van der Waals surface area contributed by atoms with Crippen LogP contribution >= 0.6 is 0 Å². The maximum atomic E-state index is 12.0. The summed E-state index contributed by atoms with van der Waals surface area (Å²) in [4.78, 5) is 24.9. The Morgan fingerprint density at radius 3 is 2.12 bits per heavy atom. The normalized spacial score (nSPS) is 14.2. The zero-order valence-electron chi connectivity index (χ0n) is 8.45. The van der Waals surface area contributed by atoms with Crippen LogP contribution in [0.25, 0.3) is 0 Å². The number of rotatable bonds is 1. The highest BCUT2D eigenvalue weighted by Gasteiger charge is 2.39. The van der Waals surface area contributed by atoms with Crippen LogP contribution in [0.2, 0.25) is 0 Å². The Bertz CT molecular complexity index is 599. The van der Waals surface area contributed by atoms with Crippen molar-refractivity contribution in [1.82, 2.24) is 10.3 Å². The maximum Gasteiger partial charge on any atom is 0.267 e. The van der Waals surface area contributed by atoms with Crippen LogP contribution in [0.3, 0.4) is 0 Å². The van der Waals surface area contributed by atoms with E-state index in [-0.39, 0.29) is 11.6 Å². The molecular weight excluding hydrogens is 224 g/mol. The van der Waals surface area contributed by atoms with Gasteiger partial charge in [-0.05, 0) is 22.4 Å². The number of carbonyl (C=O) groups is 2. The zero-order chi connectivity index (χ0) is 12.0.